The average Bonchev–Trinajstić information content (AvgIpc) is 2.72. The molecular formula is C13H17NO2. The minimum absolute atomic E-state index is 0.0551. The molecule has 16 heavy (non-hydrogen) atoms. The molecule has 3 nitrogen and oxygen atoms in total. The van der Waals surface area contributed by atoms with E-state index in [0.29, 0.717) is 6.54 Å². The highest BCUT2D eigenvalue weighted by atomic mass is 16.2. The average molecular weight is 219 g/mol. The predicted molar refractivity (Wildman–Crippen MR) is 60.2 cm³/mol. The smallest absolute Gasteiger partial charge is 0.232 e. The van der Waals surface area contributed by atoms with Crippen molar-refractivity contribution in [3.63, 3.8) is 0 Å². The number of nitrogens with zero attached hydrogens (tertiary/aromatic N) is 1. The molecule has 0 aromatic rings. The Morgan fingerprint density at radius 1 is 1.19 bits per heavy atom. The van der Waals surface area contributed by atoms with E-state index in [4.69, 9.17) is 6.42 Å². The summed E-state index contributed by atoms with van der Waals surface area (Å²) in [4.78, 5) is 25.3. The molecular weight excluding hydrogens is 202 g/mol. The molecule has 2 unspecified atom stereocenters. The summed E-state index contributed by atoms with van der Waals surface area (Å²) in [5, 5.41) is 0. The van der Waals surface area contributed by atoms with Gasteiger partial charge in [-0.05, 0) is 32.1 Å². The Balaban J connectivity index is 1.91. The van der Waals surface area contributed by atoms with Gasteiger partial charge < -0.3 is 0 Å². The van der Waals surface area contributed by atoms with Crippen molar-refractivity contribution in [1.82, 2.24) is 4.90 Å². The van der Waals surface area contributed by atoms with Crippen molar-refractivity contribution in [2.75, 3.05) is 6.54 Å². The third-order valence-corrected chi connectivity index (χ3v) is 3.62. The first-order chi connectivity index (χ1) is 7.74. The van der Waals surface area contributed by atoms with Gasteiger partial charge in [0.1, 0.15) is 0 Å². The molecule has 86 valence electrons. The van der Waals surface area contributed by atoms with Crippen LogP contribution in [0.3, 0.4) is 0 Å². The van der Waals surface area contributed by atoms with E-state index in [0.717, 1.165) is 38.5 Å². The number of carbonyl (C=O) groups is 2. The van der Waals surface area contributed by atoms with Crippen molar-refractivity contribution >= 4 is 11.8 Å². The second kappa shape index (κ2) is 4.69. The van der Waals surface area contributed by atoms with Gasteiger partial charge in [0.15, 0.2) is 0 Å². The van der Waals surface area contributed by atoms with Crippen LogP contribution in [0.5, 0.6) is 0 Å². The summed E-state index contributed by atoms with van der Waals surface area (Å²) < 4.78 is 0. The number of carbonyl (C=O) groups excluding carboxylic acids is 2. The summed E-state index contributed by atoms with van der Waals surface area (Å²) >= 11 is 0. The maximum atomic E-state index is 11.9. The molecule has 1 saturated heterocycles. The van der Waals surface area contributed by atoms with E-state index < -0.39 is 0 Å². The lowest BCUT2D eigenvalue weighted by molar-refractivity contribution is -0.152. The van der Waals surface area contributed by atoms with Gasteiger partial charge in [-0.3, -0.25) is 14.5 Å². The molecule has 2 bridgehead atoms. The molecule has 0 spiro atoms. The maximum absolute atomic E-state index is 11.9. The van der Waals surface area contributed by atoms with Crippen LogP contribution in [0, 0.1) is 24.2 Å². The molecule has 1 saturated carbocycles. The van der Waals surface area contributed by atoms with Crippen molar-refractivity contribution < 1.29 is 9.59 Å². The molecule has 0 radical (unpaired) electrons. The zero-order valence-corrected chi connectivity index (χ0v) is 9.45. The quantitative estimate of drug-likeness (QED) is 0.409. The van der Waals surface area contributed by atoms with Crippen LogP contribution in [0.1, 0.15) is 38.5 Å². The van der Waals surface area contributed by atoms with Crippen LogP contribution in [0.4, 0.5) is 0 Å². The number of piperidine rings is 1. The topological polar surface area (TPSA) is 37.4 Å². The number of imide groups is 1. The predicted octanol–water partition coefficient (Wildman–Crippen LogP) is 1.57. The normalized spacial score (nSPS) is 28.3. The minimum atomic E-state index is 0.0551. The third-order valence-electron chi connectivity index (χ3n) is 3.62. The number of fused-ring (bicyclic) bond motifs is 2. The fourth-order valence-corrected chi connectivity index (χ4v) is 2.70. The summed E-state index contributed by atoms with van der Waals surface area (Å²) in [7, 11) is 0. The Hall–Kier alpha value is -1.30. The molecule has 0 N–H and O–H groups in total. The molecule has 2 aliphatic rings. The molecule has 1 heterocycles. The van der Waals surface area contributed by atoms with E-state index >= 15 is 0 Å². The van der Waals surface area contributed by atoms with E-state index in [2.05, 4.69) is 5.92 Å². The molecule has 2 rings (SSSR count). The summed E-state index contributed by atoms with van der Waals surface area (Å²) in [5.41, 5.74) is 0. The SMILES string of the molecule is C#CCCCCN1C(=O)C2CCC(C2)C1=O. The summed E-state index contributed by atoms with van der Waals surface area (Å²) in [5.74, 6) is 2.92. The minimum Gasteiger partial charge on any atom is -0.282 e. The first kappa shape index (κ1) is 11.2. The molecule has 0 aromatic carbocycles. The van der Waals surface area contributed by atoms with Crippen LogP contribution in [-0.2, 0) is 9.59 Å². The largest absolute Gasteiger partial charge is 0.282 e. The van der Waals surface area contributed by atoms with Crippen LogP contribution in [-0.4, -0.2) is 23.3 Å². The van der Waals surface area contributed by atoms with Crippen LogP contribution in [0.25, 0.3) is 0 Å². The van der Waals surface area contributed by atoms with E-state index in [1.807, 2.05) is 0 Å². The number of terminal acetylenes is 1. The number of unbranched alkanes of at least 4 members (excludes halogenated alkanes) is 2. The Kier molecular flexibility index (Phi) is 3.28. The Morgan fingerprint density at radius 3 is 2.38 bits per heavy atom. The number of rotatable bonds is 4. The number of likely N-dealkylation sites (tertiary alicyclic amines) is 1. The van der Waals surface area contributed by atoms with Crippen molar-refractivity contribution in [2.45, 2.75) is 38.5 Å². The molecule has 0 aromatic heterocycles. The Labute approximate surface area is 96.2 Å². The van der Waals surface area contributed by atoms with Gasteiger partial charge in [-0.15, -0.1) is 12.3 Å². The monoisotopic (exact) mass is 219 g/mol. The lowest BCUT2D eigenvalue weighted by Crippen LogP contribution is -2.46. The first-order valence-corrected chi connectivity index (χ1v) is 6.02. The fourth-order valence-electron chi connectivity index (χ4n) is 2.70. The van der Waals surface area contributed by atoms with Gasteiger partial charge in [0, 0.05) is 24.8 Å². The molecule has 3 heteroatoms. The first-order valence-electron chi connectivity index (χ1n) is 6.02. The van der Waals surface area contributed by atoms with E-state index in [-0.39, 0.29) is 23.7 Å². The second-order valence-corrected chi connectivity index (χ2v) is 4.70. The number of hydrogen-bond donors (Lipinski definition) is 0. The molecule has 1 aliphatic carbocycles. The molecule has 2 amide bonds. The Morgan fingerprint density at radius 2 is 1.81 bits per heavy atom. The molecule has 2 fully saturated rings. The van der Waals surface area contributed by atoms with Crippen LogP contribution in [0.2, 0.25) is 0 Å². The lowest BCUT2D eigenvalue weighted by Gasteiger charge is -2.29. The zero-order chi connectivity index (χ0) is 11.5. The van der Waals surface area contributed by atoms with Crippen molar-refractivity contribution in [3.05, 3.63) is 0 Å². The highest BCUT2D eigenvalue weighted by Crippen LogP contribution is 2.38. The van der Waals surface area contributed by atoms with Crippen LogP contribution >= 0.6 is 0 Å². The fraction of sp³-hybridized carbons (Fsp3) is 0.692. The standard InChI is InChI=1S/C13H17NO2/c1-2-3-4-5-8-14-12(15)10-6-7-11(9-10)13(14)16/h1,10-11H,3-9H2. The third kappa shape index (κ3) is 1.97. The van der Waals surface area contributed by atoms with Crippen molar-refractivity contribution in [3.8, 4) is 12.3 Å². The van der Waals surface area contributed by atoms with Crippen LogP contribution < -0.4 is 0 Å². The second-order valence-electron chi connectivity index (χ2n) is 4.70. The van der Waals surface area contributed by atoms with Crippen LogP contribution in [0.15, 0.2) is 0 Å². The van der Waals surface area contributed by atoms with E-state index in [1.54, 1.807) is 0 Å². The van der Waals surface area contributed by atoms with Gasteiger partial charge in [0.25, 0.3) is 0 Å². The van der Waals surface area contributed by atoms with Gasteiger partial charge in [-0.2, -0.15) is 0 Å². The molecule has 1 aliphatic heterocycles. The number of amides is 2. The van der Waals surface area contributed by atoms with Gasteiger partial charge in [0.2, 0.25) is 11.8 Å². The number of hydrogen-bond acceptors (Lipinski definition) is 2. The van der Waals surface area contributed by atoms with Gasteiger partial charge in [-0.25, -0.2) is 0 Å². The highest BCUT2D eigenvalue weighted by molar-refractivity contribution is 6.00. The van der Waals surface area contributed by atoms with Gasteiger partial charge in [0.05, 0.1) is 0 Å². The van der Waals surface area contributed by atoms with E-state index in [1.165, 1.54) is 4.90 Å². The summed E-state index contributed by atoms with van der Waals surface area (Å²) in [6.07, 6.45) is 10.2. The van der Waals surface area contributed by atoms with Crippen molar-refractivity contribution in [1.29, 1.82) is 0 Å². The van der Waals surface area contributed by atoms with Gasteiger partial charge in [-0.1, -0.05) is 0 Å². The highest BCUT2D eigenvalue weighted by Gasteiger charge is 2.44. The summed E-state index contributed by atoms with van der Waals surface area (Å²) in [6.45, 7) is 0.562. The van der Waals surface area contributed by atoms with E-state index in [9.17, 15) is 9.59 Å². The van der Waals surface area contributed by atoms with Crippen molar-refractivity contribution in [2.24, 2.45) is 11.8 Å². The lowest BCUT2D eigenvalue weighted by atomic mass is 9.97. The van der Waals surface area contributed by atoms with Gasteiger partial charge >= 0.3 is 0 Å². The Bertz CT molecular complexity index is 320. The zero-order valence-electron chi connectivity index (χ0n) is 9.45. The molecule has 2 atom stereocenters. The maximum Gasteiger partial charge on any atom is 0.232 e. The summed E-state index contributed by atoms with van der Waals surface area (Å²) in [6, 6.07) is 0.